The molecular weight excluding hydrogens is 202 g/mol. The van der Waals surface area contributed by atoms with Gasteiger partial charge in [0.05, 0.1) is 19.3 Å². The molecule has 86 valence electrons. The summed E-state index contributed by atoms with van der Waals surface area (Å²) in [5, 5.41) is 30.7. The molecule has 6 heteroatoms. The third kappa shape index (κ3) is 3.00. The predicted molar refractivity (Wildman–Crippen MR) is 51.0 cm³/mol. The number of amides is 1. The SMILES string of the molecule is C=CC(=O)N[C@H]1COC[C@@H](O)[C@@H](O)[C@@H]1O. The highest BCUT2D eigenvalue weighted by Gasteiger charge is 2.35. The summed E-state index contributed by atoms with van der Waals surface area (Å²) in [6, 6.07) is -0.748. The van der Waals surface area contributed by atoms with E-state index in [2.05, 4.69) is 11.9 Å². The number of carbonyl (C=O) groups excluding carboxylic acids is 1. The van der Waals surface area contributed by atoms with Crippen molar-refractivity contribution in [1.82, 2.24) is 5.32 Å². The largest absolute Gasteiger partial charge is 0.388 e. The molecule has 1 rings (SSSR count). The molecule has 1 heterocycles. The van der Waals surface area contributed by atoms with E-state index in [0.29, 0.717) is 0 Å². The van der Waals surface area contributed by atoms with E-state index >= 15 is 0 Å². The van der Waals surface area contributed by atoms with Crippen molar-refractivity contribution >= 4 is 5.91 Å². The van der Waals surface area contributed by atoms with Crippen LogP contribution in [0.15, 0.2) is 12.7 Å². The molecule has 0 bridgehead atoms. The summed E-state index contributed by atoms with van der Waals surface area (Å²) in [4.78, 5) is 11.0. The van der Waals surface area contributed by atoms with E-state index in [1.165, 1.54) is 0 Å². The molecule has 1 saturated heterocycles. The van der Waals surface area contributed by atoms with Crippen molar-refractivity contribution in [3.63, 3.8) is 0 Å². The number of ether oxygens (including phenoxy) is 1. The summed E-state index contributed by atoms with van der Waals surface area (Å²) in [6.07, 6.45) is -2.68. The molecule has 1 aliphatic heterocycles. The highest BCUT2D eigenvalue weighted by atomic mass is 16.5. The molecule has 0 saturated carbocycles. The Morgan fingerprint density at radius 2 is 2.00 bits per heavy atom. The molecule has 0 aromatic carbocycles. The van der Waals surface area contributed by atoms with Crippen molar-refractivity contribution in [2.24, 2.45) is 0 Å². The third-order valence-electron chi connectivity index (χ3n) is 2.26. The summed E-state index contributed by atoms with van der Waals surface area (Å²) in [5.74, 6) is -0.466. The second kappa shape index (κ2) is 5.22. The van der Waals surface area contributed by atoms with Crippen molar-refractivity contribution < 1.29 is 24.9 Å². The molecule has 4 N–H and O–H groups in total. The van der Waals surface area contributed by atoms with Crippen molar-refractivity contribution in [3.8, 4) is 0 Å². The molecule has 0 aromatic heterocycles. The van der Waals surface area contributed by atoms with Crippen molar-refractivity contribution in [3.05, 3.63) is 12.7 Å². The van der Waals surface area contributed by atoms with Gasteiger partial charge < -0.3 is 25.4 Å². The lowest BCUT2D eigenvalue weighted by molar-refractivity contribution is -0.119. The Kier molecular flexibility index (Phi) is 4.22. The number of carbonyl (C=O) groups is 1. The fraction of sp³-hybridized carbons (Fsp3) is 0.667. The first-order chi connectivity index (χ1) is 7.06. The molecule has 0 radical (unpaired) electrons. The normalized spacial score (nSPS) is 36.7. The van der Waals surface area contributed by atoms with E-state index in [0.717, 1.165) is 6.08 Å². The minimum atomic E-state index is -1.33. The highest BCUT2D eigenvalue weighted by Crippen LogP contribution is 2.10. The van der Waals surface area contributed by atoms with Crippen LogP contribution in [0.1, 0.15) is 0 Å². The summed E-state index contributed by atoms with van der Waals surface area (Å²) in [7, 11) is 0. The molecular formula is C9H15NO5. The summed E-state index contributed by atoms with van der Waals surface area (Å²) < 4.78 is 4.99. The third-order valence-corrected chi connectivity index (χ3v) is 2.26. The number of aliphatic hydroxyl groups is 3. The lowest BCUT2D eigenvalue weighted by Gasteiger charge is -2.24. The van der Waals surface area contributed by atoms with Gasteiger partial charge in [0.1, 0.15) is 18.3 Å². The maximum Gasteiger partial charge on any atom is 0.243 e. The number of aliphatic hydroxyl groups excluding tert-OH is 3. The second-order valence-corrected chi connectivity index (χ2v) is 3.41. The fourth-order valence-electron chi connectivity index (χ4n) is 1.35. The molecule has 1 amide bonds. The number of nitrogens with one attached hydrogen (secondary N) is 1. The van der Waals surface area contributed by atoms with Gasteiger partial charge in [0, 0.05) is 0 Å². The van der Waals surface area contributed by atoms with E-state index in [9.17, 15) is 20.1 Å². The zero-order valence-corrected chi connectivity index (χ0v) is 8.17. The molecule has 1 aliphatic rings. The quantitative estimate of drug-likeness (QED) is 0.392. The monoisotopic (exact) mass is 217 g/mol. The Balaban J connectivity index is 2.63. The number of hydrogen-bond acceptors (Lipinski definition) is 5. The van der Waals surface area contributed by atoms with E-state index in [1.807, 2.05) is 0 Å². The van der Waals surface area contributed by atoms with Crippen LogP contribution in [-0.2, 0) is 9.53 Å². The van der Waals surface area contributed by atoms with Gasteiger partial charge in [-0.25, -0.2) is 0 Å². The first kappa shape index (κ1) is 12.1. The Hall–Kier alpha value is -0.950. The lowest BCUT2D eigenvalue weighted by Crippen LogP contribution is -2.51. The number of hydrogen-bond donors (Lipinski definition) is 4. The topological polar surface area (TPSA) is 99.0 Å². The molecule has 0 unspecified atom stereocenters. The molecule has 0 spiro atoms. The van der Waals surface area contributed by atoms with Gasteiger partial charge in [-0.05, 0) is 6.08 Å². The van der Waals surface area contributed by atoms with E-state index in [4.69, 9.17) is 4.74 Å². The van der Waals surface area contributed by atoms with Gasteiger partial charge in [-0.2, -0.15) is 0 Å². The zero-order valence-electron chi connectivity index (χ0n) is 8.17. The van der Waals surface area contributed by atoms with Gasteiger partial charge in [0.15, 0.2) is 0 Å². The zero-order chi connectivity index (χ0) is 11.4. The van der Waals surface area contributed by atoms with Crippen LogP contribution in [0.2, 0.25) is 0 Å². The van der Waals surface area contributed by atoms with Crippen LogP contribution in [0.5, 0.6) is 0 Å². The van der Waals surface area contributed by atoms with E-state index in [1.54, 1.807) is 0 Å². The first-order valence-corrected chi connectivity index (χ1v) is 4.61. The molecule has 6 nitrogen and oxygen atoms in total. The maximum absolute atomic E-state index is 11.0. The van der Waals surface area contributed by atoms with Gasteiger partial charge in [0.25, 0.3) is 0 Å². The van der Waals surface area contributed by atoms with Crippen LogP contribution >= 0.6 is 0 Å². The molecule has 0 aromatic rings. The molecule has 15 heavy (non-hydrogen) atoms. The van der Waals surface area contributed by atoms with Crippen LogP contribution in [0.3, 0.4) is 0 Å². The van der Waals surface area contributed by atoms with Gasteiger partial charge in [-0.3, -0.25) is 4.79 Å². The minimum absolute atomic E-state index is 0.0366. The summed E-state index contributed by atoms with van der Waals surface area (Å²) >= 11 is 0. The summed E-state index contributed by atoms with van der Waals surface area (Å²) in [6.45, 7) is 3.23. The maximum atomic E-state index is 11.0. The number of rotatable bonds is 2. The van der Waals surface area contributed by atoms with Crippen LogP contribution in [-0.4, -0.2) is 58.8 Å². The van der Waals surface area contributed by atoms with Crippen molar-refractivity contribution in [2.45, 2.75) is 24.4 Å². The smallest absolute Gasteiger partial charge is 0.243 e. The van der Waals surface area contributed by atoms with Crippen molar-refractivity contribution in [2.75, 3.05) is 13.2 Å². The minimum Gasteiger partial charge on any atom is -0.388 e. The van der Waals surface area contributed by atoms with E-state index in [-0.39, 0.29) is 13.2 Å². The highest BCUT2D eigenvalue weighted by molar-refractivity contribution is 5.87. The van der Waals surface area contributed by atoms with Gasteiger partial charge in [-0.1, -0.05) is 6.58 Å². The van der Waals surface area contributed by atoms with Gasteiger partial charge in [-0.15, -0.1) is 0 Å². The molecule has 1 fully saturated rings. The van der Waals surface area contributed by atoms with Crippen LogP contribution in [0.25, 0.3) is 0 Å². The Labute approximate surface area is 87.2 Å². The van der Waals surface area contributed by atoms with E-state index < -0.39 is 30.3 Å². The van der Waals surface area contributed by atoms with Gasteiger partial charge >= 0.3 is 0 Å². The lowest BCUT2D eigenvalue weighted by atomic mass is 10.0. The molecule has 4 atom stereocenters. The average molecular weight is 217 g/mol. The predicted octanol–water partition coefficient (Wildman–Crippen LogP) is -2.23. The Morgan fingerprint density at radius 1 is 1.33 bits per heavy atom. The Bertz CT molecular complexity index is 245. The summed E-state index contributed by atoms with van der Waals surface area (Å²) in [5.41, 5.74) is 0. The average Bonchev–Trinajstić information content (AvgIpc) is 2.34. The first-order valence-electron chi connectivity index (χ1n) is 4.61. The van der Waals surface area contributed by atoms with Crippen molar-refractivity contribution in [1.29, 1.82) is 0 Å². The van der Waals surface area contributed by atoms with Gasteiger partial charge in [0.2, 0.25) is 5.91 Å². The van der Waals surface area contributed by atoms with Crippen LogP contribution in [0.4, 0.5) is 0 Å². The molecule has 0 aliphatic carbocycles. The standard InChI is InChI=1S/C9H15NO5/c1-2-7(12)10-5-3-15-4-6(11)9(14)8(5)13/h2,5-6,8-9,11,13-14H,1,3-4H2,(H,10,12)/t5-,6+,8+,9+/m0/s1. The van der Waals surface area contributed by atoms with Crippen LogP contribution < -0.4 is 5.32 Å². The fourth-order valence-corrected chi connectivity index (χ4v) is 1.35. The van der Waals surface area contributed by atoms with Crippen LogP contribution in [0, 0.1) is 0 Å². The Morgan fingerprint density at radius 3 is 2.60 bits per heavy atom. The second-order valence-electron chi connectivity index (χ2n) is 3.41.